The highest BCUT2D eigenvalue weighted by Gasteiger charge is 2.20. The molecule has 0 radical (unpaired) electrons. The van der Waals surface area contributed by atoms with E-state index in [1.54, 1.807) is 24.3 Å². The van der Waals surface area contributed by atoms with Crippen LogP contribution in [-0.4, -0.2) is 42.5 Å². The summed E-state index contributed by atoms with van der Waals surface area (Å²) in [7, 11) is 0. The Hall–Kier alpha value is -2.86. The number of nitrogens with one attached hydrogen (secondary N) is 1. The molecule has 6 heteroatoms. The summed E-state index contributed by atoms with van der Waals surface area (Å²) < 4.78 is 5.45. The molecule has 0 saturated carbocycles. The zero-order valence-corrected chi connectivity index (χ0v) is 15.5. The van der Waals surface area contributed by atoms with Crippen molar-refractivity contribution in [2.24, 2.45) is 5.73 Å². The van der Waals surface area contributed by atoms with Crippen LogP contribution in [-0.2, 0) is 17.8 Å². The van der Waals surface area contributed by atoms with Gasteiger partial charge in [-0.3, -0.25) is 14.5 Å². The molecule has 6 nitrogen and oxygen atoms in total. The van der Waals surface area contributed by atoms with Crippen LogP contribution in [0.3, 0.4) is 0 Å². The molecular formula is C21H25N3O3. The van der Waals surface area contributed by atoms with Crippen molar-refractivity contribution < 1.29 is 14.3 Å². The van der Waals surface area contributed by atoms with Gasteiger partial charge in [0.2, 0.25) is 5.91 Å². The first-order valence-electron chi connectivity index (χ1n) is 9.13. The van der Waals surface area contributed by atoms with E-state index in [9.17, 15) is 9.59 Å². The van der Waals surface area contributed by atoms with Crippen molar-refractivity contribution in [2.45, 2.75) is 25.9 Å². The SMILES string of the molecule is CC(CNC(=O)COc1ccc(C(N)=O)cc1)N1CCc2ccccc2C1. The van der Waals surface area contributed by atoms with Crippen molar-refractivity contribution in [2.75, 3.05) is 19.7 Å². The Kier molecular flexibility index (Phi) is 6.08. The van der Waals surface area contributed by atoms with E-state index in [-0.39, 0.29) is 18.6 Å². The Morgan fingerprint density at radius 3 is 2.56 bits per heavy atom. The second-order valence-corrected chi connectivity index (χ2v) is 6.82. The molecule has 0 aliphatic carbocycles. The lowest BCUT2D eigenvalue weighted by molar-refractivity contribution is -0.123. The highest BCUT2D eigenvalue weighted by atomic mass is 16.5. The number of rotatable bonds is 7. The Labute approximate surface area is 159 Å². The number of nitrogens with zero attached hydrogens (tertiary/aromatic N) is 1. The number of nitrogens with two attached hydrogens (primary N) is 1. The third kappa shape index (κ3) is 5.08. The molecule has 3 rings (SSSR count). The number of primary amides is 1. The smallest absolute Gasteiger partial charge is 0.257 e. The van der Waals surface area contributed by atoms with Crippen molar-refractivity contribution >= 4 is 11.8 Å². The monoisotopic (exact) mass is 367 g/mol. The van der Waals surface area contributed by atoms with Crippen molar-refractivity contribution in [3.8, 4) is 5.75 Å². The van der Waals surface area contributed by atoms with E-state index in [1.807, 2.05) is 0 Å². The zero-order chi connectivity index (χ0) is 19.2. The van der Waals surface area contributed by atoms with Crippen molar-refractivity contribution in [3.05, 3.63) is 65.2 Å². The lowest BCUT2D eigenvalue weighted by Crippen LogP contribution is -2.45. The van der Waals surface area contributed by atoms with Gasteiger partial charge >= 0.3 is 0 Å². The van der Waals surface area contributed by atoms with Crippen LogP contribution in [0.4, 0.5) is 0 Å². The second kappa shape index (κ2) is 8.68. The van der Waals surface area contributed by atoms with Crippen molar-refractivity contribution in [3.63, 3.8) is 0 Å². The summed E-state index contributed by atoms with van der Waals surface area (Å²) >= 11 is 0. The van der Waals surface area contributed by atoms with Crippen LogP contribution in [0.1, 0.15) is 28.4 Å². The molecule has 0 bridgehead atoms. The van der Waals surface area contributed by atoms with Crippen LogP contribution in [0, 0.1) is 0 Å². The fourth-order valence-electron chi connectivity index (χ4n) is 3.20. The van der Waals surface area contributed by atoms with Crippen LogP contribution in [0.25, 0.3) is 0 Å². The molecule has 27 heavy (non-hydrogen) atoms. The number of ether oxygens (including phenoxy) is 1. The van der Waals surface area contributed by atoms with Crippen molar-refractivity contribution in [1.82, 2.24) is 10.2 Å². The first kappa shape index (κ1) is 18.9. The summed E-state index contributed by atoms with van der Waals surface area (Å²) in [6.45, 7) is 4.54. The number of fused-ring (bicyclic) bond motifs is 1. The number of hydrogen-bond acceptors (Lipinski definition) is 4. The minimum Gasteiger partial charge on any atom is -0.484 e. The van der Waals surface area contributed by atoms with E-state index >= 15 is 0 Å². The minimum absolute atomic E-state index is 0.0640. The first-order chi connectivity index (χ1) is 13.0. The summed E-state index contributed by atoms with van der Waals surface area (Å²) in [5, 5.41) is 2.92. The molecule has 1 aliphatic heterocycles. The molecule has 0 saturated heterocycles. The Morgan fingerprint density at radius 2 is 1.85 bits per heavy atom. The highest BCUT2D eigenvalue weighted by Crippen LogP contribution is 2.20. The van der Waals surface area contributed by atoms with Gasteiger partial charge in [0, 0.05) is 31.2 Å². The topological polar surface area (TPSA) is 84.7 Å². The molecule has 2 aromatic rings. The van der Waals surface area contributed by atoms with Gasteiger partial charge in [0.25, 0.3) is 5.91 Å². The maximum atomic E-state index is 12.0. The first-order valence-corrected chi connectivity index (χ1v) is 9.13. The fourth-order valence-corrected chi connectivity index (χ4v) is 3.20. The summed E-state index contributed by atoms with van der Waals surface area (Å²) in [6.07, 6.45) is 1.04. The third-order valence-electron chi connectivity index (χ3n) is 4.89. The number of amides is 2. The molecule has 3 N–H and O–H groups in total. The van der Waals surface area contributed by atoms with Crippen LogP contribution in [0.15, 0.2) is 48.5 Å². The van der Waals surface area contributed by atoms with Gasteiger partial charge in [-0.1, -0.05) is 24.3 Å². The Balaban J connectivity index is 1.42. The van der Waals surface area contributed by atoms with Crippen LogP contribution < -0.4 is 15.8 Å². The van der Waals surface area contributed by atoms with E-state index in [0.717, 1.165) is 19.5 Å². The molecule has 1 aliphatic rings. The van der Waals surface area contributed by atoms with Crippen molar-refractivity contribution in [1.29, 1.82) is 0 Å². The lowest BCUT2D eigenvalue weighted by Gasteiger charge is -2.33. The molecule has 1 unspecified atom stereocenters. The van der Waals surface area contributed by atoms with E-state index < -0.39 is 5.91 Å². The highest BCUT2D eigenvalue weighted by molar-refractivity contribution is 5.92. The standard InChI is InChI=1S/C21H25N3O3/c1-15(24-11-10-16-4-2-3-5-18(16)13-24)12-23-20(25)14-27-19-8-6-17(7-9-19)21(22)26/h2-9,15H,10-14H2,1H3,(H2,22,26)(H,23,25). The minimum atomic E-state index is -0.492. The third-order valence-corrected chi connectivity index (χ3v) is 4.89. The zero-order valence-electron chi connectivity index (χ0n) is 15.5. The fraction of sp³-hybridized carbons (Fsp3) is 0.333. The second-order valence-electron chi connectivity index (χ2n) is 6.82. The molecule has 142 valence electrons. The lowest BCUT2D eigenvalue weighted by atomic mass is 9.99. The quantitative estimate of drug-likeness (QED) is 0.780. The van der Waals surface area contributed by atoms with Gasteiger partial charge < -0.3 is 15.8 Å². The normalized spacial score (nSPS) is 14.9. The van der Waals surface area contributed by atoms with Gasteiger partial charge in [-0.25, -0.2) is 0 Å². The Bertz CT molecular complexity index is 805. The van der Waals surface area contributed by atoms with E-state index in [2.05, 4.69) is 41.4 Å². The molecule has 0 spiro atoms. The molecule has 2 amide bonds. The van der Waals surface area contributed by atoms with E-state index in [1.165, 1.54) is 11.1 Å². The maximum absolute atomic E-state index is 12.0. The average Bonchev–Trinajstić information content (AvgIpc) is 2.70. The molecule has 1 atom stereocenters. The van der Waals surface area contributed by atoms with Crippen LogP contribution in [0.2, 0.25) is 0 Å². The predicted molar refractivity (Wildman–Crippen MR) is 103 cm³/mol. The molecule has 0 fully saturated rings. The van der Waals surface area contributed by atoms with Gasteiger partial charge in [0.05, 0.1) is 0 Å². The maximum Gasteiger partial charge on any atom is 0.257 e. The van der Waals surface area contributed by atoms with Gasteiger partial charge in [-0.05, 0) is 48.7 Å². The number of carbonyl (C=O) groups is 2. The summed E-state index contributed by atoms with van der Waals surface area (Å²) in [5.74, 6) is -0.136. The largest absolute Gasteiger partial charge is 0.484 e. The van der Waals surface area contributed by atoms with Crippen LogP contribution >= 0.6 is 0 Å². The summed E-state index contributed by atoms with van der Waals surface area (Å²) in [6, 6.07) is 15.2. The molecule has 2 aromatic carbocycles. The predicted octanol–water partition coefficient (Wildman–Crippen LogP) is 1.73. The van der Waals surface area contributed by atoms with Gasteiger partial charge in [-0.2, -0.15) is 0 Å². The van der Waals surface area contributed by atoms with Crippen LogP contribution in [0.5, 0.6) is 5.75 Å². The summed E-state index contributed by atoms with van der Waals surface area (Å²) in [5.41, 5.74) is 8.38. The summed E-state index contributed by atoms with van der Waals surface area (Å²) in [4.78, 5) is 25.5. The van der Waals surface area contributed by atoms with E-state index in [4.69, 9.17) is 10.5 Å². The number of hydrogen-bond donors (Lipinski definition) is 2. The van der Waals surface area contributed by atoms with Gasteiger partial charge in [-0.15, -0.1) is 0 Å². The Morgan fingerprint density at radius 1 is 1.15 bits per heavy atom. The molecule has 0 aromatic heterocycles. The van der Waals surface area contributed by atoms with E-state index in [0.29, 0.717) is 17.9 Å². The molecular weight excluding hydrogens is 342 g/mol. The molecule has 1 heterocycles. The number of carbonyl (C=O) groups excluding carboxylic acids is 2. The van der Waals surface area contributed by atoms with Gasteiger partial charge in [0.1, 0.15) is 5.75 Å². The average molecular weight is 367 g/mol. The van der Waals surface area contributed by atoms with Gasteiger partial charge in [0.15, 0.2) is 6.61 Å². The number of benzene rings is 2.